The van der Waals surface area contributed by atoms with Gasteiger partial charge in [0.1, 0.15) is 17.3 Å². The minimum Gasteiger partial charge on any atom is -0.457 e. The summed E-state index contributed by atoms with van der Waals surface area (Å²) in [5.41, 5.74) is 12.9. The molecule has 2 aliphatic heterocycles. The van der Waals surface area contributed by atoms with E-state index < -0.39 is 0 Å². The number of hydrogen-bond acceptors (Lipinski definition) is 4. The predicted octanol–water partition coefficient (Wildman–Crippen LogP) is 12.2. The average molecular weight is 714 g/mol. The van der Waals surface area contributed by atoms with Crippen LogP contribution in [0.4, 0.5) is 5.69 Å². The van der Waals surface area contributed by atoms with Crippen molar-refractivity contribution < 1.29 is 4.74 Å². The minimum atomic E-state index is -0.0439. The highest BCUT2D eigenvalue weighted by atomic mass is 16.5. The van der Waals surface area contributed by atoms with Gasteiger partial charge in [-0.15, -0.1) is 0 Å². The molecule has 266 valence electrons. The molecule has 55 heavy (non-hydrogen) atoms. The first-order chi connectivity index (χ1) is 26.8. The quantitative estimate of drug-likeness (QED) is 0.182. The molecule has 0 amide bonds. The number of hydrogen-bond donors (Lipinski definition) is 0. The number of aromatic nitrogens is 3. The van der Waals surface area contributed by atoms with Crippen molar-refractivity contribution in [2.75, 3.05) is 18.6 Å². The fraction of sp³-hybridized carbons (Fsp3) is 0.122. The van der Waals surface area contributed by atoms with E-state index in [1.54, 1.807) is 0 Å². The second-order valence-corrected chi connectivity index (χ2v) is 15.9. The third kappa shape index (κ3) is 4.77. The summed E-state index contributed by atoms with van der Waals surface area (Å²) in [5.74, 6) is 2.45. The number of fused-ring (bicyclic) bond motifs is 12. The van der Waals surface area contributed by atoms with Crippen LogP contribution < -0.4 is 9.64 Å². The number of benzene rings is 6. The molecule has 9 aromatic rings. The van der Waals surface area contributed by atoms with E-state index in [0.29, 0.717) is 0 Å². The molecular formula is C49H39N5O. The number of anilines is 1. The van der Waals surface area contributed by atoms with Gasteiger partial charge in [0.25, 0.3) is 0 Å². The van der Waals surface area contributed by atoms with Crippen molar-refractivity contribution >= 4 is 49.3 Å². The van der Waals surface area contributed by atoms with Crippen molar-refractivity contribution in [2.45, 2.75) is 26.2 Å². The van der Waals surface area contributed by atoms with Crippen LogP contribution in [0.1, 0.15) is 26.3 Å². The summed E-state index contributed by atoms with van der Waals surface area (Å²) < 4.78 is 11.5. The molecule has 0 spiro atoms. The summed E-state index contributed by atoms with van der Waals surface area (Å²) in [6, 6.07) is 48.3. The Morgan fingerprint density at radius 2 is 1.38 bits per heavy atom. The fourth-order valence-corrected chi connectivity index (χ4v) is 8.83. The van der Waals surface area contributed by atoms with Gasteiger partial charge in [0.05, 0.1) is 34.4 Å². The van der Waals surface area contributed by atoms with Crippen LogP contribution in [0.5, 0.6) is 11.5 Å². The summed E-state index contributed by atoms with van der Waals surface area (Å²) in [4.78, 5) is 9.41. The average Bonchev–Trinajstić information content (AvgIpc) is 3.86. The van der Waals surface area contributed by atoms with Gasteiger partial charge >= 0.3 is 0 Å². The lowest BCUT2D eigenvalue weighted by molar-refractivity contribution is 0.481. The molecule has 6 aromatic carbocycles. The number of ether oxygens (including phenoxy) is 1. The predicted molar refractivity (Wildman–Crippen MR) is 227 cm³/mol. The molecule has 11 rings (SSSR count). The molecule has 5 heterocycles. The Hall–Kier alpha value is -6.79. The number of para-hydroxylation sites is 2. The second-order valence-electron chi connectivity index (χ2n) is 15.9. The molecule has 0 atom stereocenters. The van der Waals surface area contributed by atoms with Crippen LogP contribution >= 0.6 is 0 Å². The van der Waals surface area contributed by atoms with Crippen LogP contribution in [0.25, 0.3) is 77.4 Å². The van der Waals surface area contributed by atoms with Gasteiger partial charge in [-0.05, 0) is 76.7 Å². The minimum absolute atomic E-state index is 0.0439. The molecule has 0 radical (unpaired) electrons. The van der Waals surface area contributed by atoms with E-state index in [4.69, 9.17) is 9.72 Å². The van der Waals surface area contributed by atoms with E-state index in [9.17, 15) is 0 Å². The Labute approximate surface area is 319 Å². The van der Waals surface area contributed by atoms with Gasteiger partial charge in [-0.2, -0.15) is 0 Å². The second kappa shape index (κ2) is 11.6. The zero-order chi connectivity index (χ0) is 37.0. The van der Waals surface area contributed by atoms with Gasteiger partial charge in [0, 0.05) is 76.1 Å². The zero-order valence-electron chi connectivity index (χ0n) is 31.3. The van der Waals surface area contributed by atoms with Crippen LogP contribution in [-0.4, -0.2) is 32.7 Å². The first kappa shape index (κ1) is 31.7. The van der Waals surface area contributed by atoms with E-state index in [1.807, 2.05) is 12.3 Å². The van der Waals surface area contributed by atoms with Gasteiger partial charge in [0.2, 0.25) is 0 Å². The lowest BCUT2D eigenvalue weighted by atomic mass is 9.88. The summed E-state index contributed by atoms with van der Waals surface area (Å²) in [5, 5.41) is 4.86. The van der Waals surface area contributed by atoms with Gasteiger partial charge in [0.15, 0.2) is 0 Å². The van der Waals surface area contributed by atoms with E-state index in [1.165, 1.54) is 60.7 Å². The molecule has 0 saturated heterocycles. The van der Waals surface area contributed by atoms with E-state index in [-0.39, 0.29) is 5.41 Å². The van der Waals surface area contributed by atoms with Crippen molar-refractivity contribution in [2.24, 2.45) is 0 Å². The van der Waals surface area contributed by atoms with Crippen LogP contribution in [0.3, 0.4) is 0 Å². The van der Waals surface area contributed by atoms with Crippen LogP contribution in [0.15, 0.2) is 152 Å². The topological polar surface area (TPSA) is 38.5 Å². The third-order valence-electron chi connectivity index (χ3n) is 11.4. The highest BCUT2D eigenvalue weighted by Crippen LogP contribution is 2.51. The highest BCUT2D eigenvalue weighted by molar-refractivity contribution is 6.22. The van der Waals surface area contributed by atoms with Crippen LogP contribution in [-0.2, 0) is 5.41 Å². The van der Waals surface area contributed by atoms with Gasteiger partial charge < -0.3 is 19.1 Å². The molecule has 0 bridgehead atoms. The van der Waals surface area contributed by atoms with E-state index in [0.717, 1.165) is 46.1 Å². The standard InChI is InChI=1S/C49H39N5O/c1-49(2,3)31-23-24-50-45(27-31)53-42-21-22-43-46(37-15-6-5-13-35(37)38-16-10-17-39-36-14-7-8-18-41(36)54(43)48(38)39)47(42)40-20-19-34(29-44(40)53)55-33-12-9-11-32(28-33)52-26-25-51(4)30-52/h5-29H,30H2,1-4H3. The molecule has 6 nitrogen and oxygen atoms in total. The van der Waals surface area contributed by atoms with Crippen LogP contribution in [0, 0.1) is 0 Å². The molecular weight excluding hydrogens is 675 g/mol. The van der Waals surface area contributed by atoms with Crippen molar-refractivity contribution in [1.82, 2.24) is 19.0 Å². The summed E-state index contributed by atoms with van der Waals surface area (Å²) in [6.45, 7) is 7.57. The van der Waals surface area contributed by atoms with E-state index >= 15 is 0 Å². The molecule has 2 aliphatic rings. The maximum atomic E-state index is 6.68. The summed E-state index contributed by atoms with van der Waals surface area (Å²) >= 11 is 0. The molecule has 6 heteroatoms. The van der Waals surface area contributed by atoms with Crippen molar-refractivity contribution in [3.63, 3.8) is 0 Å². The molecule has 0 aliphatic carbocycles. The maximum absolute atomic E-state index is 6.68. The highest BCUT2D eigenvalue weighted by Gasteiger charge is 2.28. The molecule has 3 aromatic heterocycles. The number of nitrogens with zero attached hydrogens (tertiary/aromatic N) is 5. The zero-order valence-corrected chi connectivity index (χ0v) is 31.3. The number of rotatable bonds is 4. The van der Waals surface area contributed by atoms with Gasteiger partial charge in [-0.1, -0.05) is 87.5 Å². The largest absolute Gasteiger partial charge is 0.457 e. The van der Waals surface area contributed by atoms with E-state index in [2.05, 4.69) is 187 Å². The van der Waals surface area contributed by atoms with Crippen molar-refractivity contribution in [3.05, 3.63) is 158 Å². The van der Waals surface area contributed by atoms with Gasteiger partial charge in [-0.3, -0.25) is 4.57 Å². The molecule has 0 N–H and O–H groups in total. The Kier molecular flexibility index (Phi) is 6.69. The smallest absolute Gasteiger partial charge is 0.137 e. The third-order valence-corrected chi connectivity index (χ3v) is 11.4. The van der Waals surface area contributed by atoms with Crippen molar-refractivity contribution in [1.29, 1.82) is 0 Å². The summed E-state index contributed by atoms with van der Waals surface area (Å²) in [6.07, 6.45) is 6.13. The Morgan fingerprint density at radius 3 is 2.24 bits per heavy atom. The SMILES string of the molecule is CN1C=CN(c2cccc(Oc3ccc4c5c6c(ccc5n(-c5cc(C(C)(C)C)ccn5)c4c3)-n3c4ccccc4c4cccc(c43)-c3ccccc3-6)c2)C1. The van der Waals surface area contributed by atoms with Crippen molar-refractivity contribution in [3.8, 4) is 45.3 Å². The normalized spacial score (nSPS) is 13.6. The molecule has 0 fully saturated rings. The summed E-state index contributed by atoms with van der Waals surface area (Å²) in [7, 11) is 2.08. The molecule has 0 unspecified atom stereocenters. The van der Waals surface area contributed by atoms with Gasteiger partial charge in [-0.25, -0.2) is 4.98 Å². The first-order valence-corrected chi connectivity index (χ1v) is 19.0. The lowest BCUT2D eigenvalue weighted by Crippen LogP contribution is -2.21. The van der Waals surface area contributed by atoms with Crippen LogP contribution in [0.2, 0.25) is 0 Å². The fourth-order valence-electron chi connectivity index (χ4n) is 8.83. The molecule has 0 saturated carbocycles. The Bertz CT molecular complexity index is 3070. The lowest BCUT2D eigenvalue weighted by Gasteiger charge is -2.20. The Balaban J connectivity index is 1.20. The Morgan fingerprint density at radius 1 is 0.600 bits per heavy atom. The monoisotopic (exact) mass is 713 g/mol. The first-order valence-electron chi connectivity index (χ1n) is 19.0. The number of pyridine rings is 1. The maximum Gasteiger partial charge on any atom is 0.137 e.